The van der Waals surface area contributed by atoms with Gasteiger partial charge in [0.15, 0.2) is 0 Å². The van der Waals surface area contributed by atoms with Crippen molar-refractivity contribution in [1.82, 2.24) is 9.47 Å². The lowest BCUT2D eigenvalue weighted by Crippen LogP contribution is -2.40. The molecule has 1 saturated heterocycles. The predicted octanol–water partition coefficient (Wildman–Crippen LogP) is 5.71. The third-order valence-corrected chi connectivity index (χ3v) is 8.28. The molecule has 2 atom stereocenters. The molecular formula is C32H31FIN3O5. The number of anilines is 1. The number of rotatable bonds is 9. The quantitative estimate of drug-likeness (QED) is 0.139. The minimum absolute atomic E-state index is 0.0203. The maximum atomic E-state index is 14.4. The van der Waals surface area contributed by atoms with E-state index in [2.05, 4.69) is 27.9 Å². The van der Waals surface area contributed by atoms with Crippen LogP contribution in [0, 0.1) is 0 Å². The van der Waals surface area contributed by atoms with Crippen LogP contribution in [-0.4, -0.2) is 59.7 Å². The van der Waals surface area contributed by atoms with Crippen LogP contribution in [0.3, 0.4) is 0 Å². The summed E-state index contributed by atoms with van der Waals surface area (Å²) in [4.78, 5) is 39.7. The first kappa shape index (κ1) is 29.6. The number of likely N-dealkylation sites (tertiary alicyclic amines) is 1. The van der Waals surface area contributed by atoms with Crippen molar-refractivity contribution in [3.63, 3.8) is 0 Å². The zero-order valence-corrected chi connectivity index (χ0v) is 25.5. The number of halogens is 2. The van der Waals surface area contributed by atoms with Crippen LogP contribution >= 0.6 is 22.6 Å². The van der Waals surface area contributed by atoms with Crippen molar-refractivity contribution in [2.75, 3.05) is 25.6 Å². The number of alkyl halides is 2. The van der Waals surface area contributed by atoms with Crippen LogP contribution in [0.4, 0.5) is 10.1 Å². The fourth-order valence-corrected chi connectivity index (χ4v) is 5.93. The summed E-state index contributed by atoms with van der Waals surface area (Å²) in [6.07, 6.45) is 1.01. The number of para-hydroxylation sites is 1. The Kier molecular flexibility index (Phi) is 9.10. The van der Waals surface area contributed by atoms with Gasteiger partial charge in [-0.1, -0.05) is 52.9 Å². The molecule has 1 aromatic heterocycles. The Balaban J connectivity index is 1.23. The van der Waals surface area contributed by atoms with Crippen LogP contribution in [0.5, 0.6) is 5.75 Å². The highest BCUT2D eigenvalue weighted by Crippen LogP contribution is 2.27. The van der Waals surface area contributed by atoms with Crippen LogP contribution < -0.4 is 10.1 Å². The zero-order valence-electron chi connectivity index (χ0n) is 23.3. The number of nitrogens with one attached hydrogen (secondary N) is 1. The average Bonchev–Trinajstić information content (AvgIpc) is 3.56. The number of aromatic nitrogens is 1. The van der Waals surface area contributed by atoms with Gasteiger partial charge in [0.25, 0.3) is 5.91 Å². The number of carbonyl (C=O) groups excluding carboxylic acids is 3. The summed E-state index contributed by atoms with van der Waals surface area (Å²) >= 11 is 2.23. The molecule has 0 saturated carbocycles. The SMILES string of the molecule is COC(=O)c1ccc(OC[C@@H]2C[C@H](F)CN2C(=O)Cc2ccc(NC(=O)c3cn(C)c4ccccc34)c(CI)c2)cc1. The molecule has 1 N–H and O–H groups in total. The molecule has 0 spiro atoms. The fraction of sp³-hybridized carbons (Fsp3) is 0.281. The predicted molar refractivity (Wildman–Crippen MR) is 167 cm³/mol. The van der Waals surface area contributed by atoms with Gasteiger partial charge in [0.05, 0.1) is 37.2 Å². The van der Waals surface area contributed by atoms with Crippen molar-refractivity contribution in [3.05, 3.63) is 95.2 Å². The monoisotopic (exact) mass is 683 g/mol. The Morgan fingerprint density at radius 1 is 1.07 bits per heavy atom. The maximum Gasteiger partial charge on any atom is 0.337 e. The minimum atomic E-state index is -1.12. The van der Waals surface area contributed by atoms with Crippen LogP contribution in [0.25, 0.3) is 10.9 Å². The molecule has 3 aromatic carbocycles. The highest BCUT2D eigenvalue weighted by Gasteiger charge is 2.35. The van der Waals surface area contributed by atoms with Crippen molar-refractivity contribution in [3.8, 4) is 5.75 Å². The van der Waals surface area contributed by atoms with Gasteiger partial charge in [0.2, 0.25) is 5.91 Å². The second-order valence-corrected chi connectivity index (χ2v) is 11.0. The highest BCUT2D eigenvalue weighted by atomic mass is 127. The lowest BCUT2D eigenvalue weighted by atomic mass is 10.1. The van der Waals surface area contributed by atoms with E-state index in [0.29, 0.717) is 27.0 Å². The summed E-state index contributed by atoms with van der Waals surface area (Å²) < 4.78 is 27.5. The first-order chi connectivity index (χ1) is 20.3. The second kappa shape index (κ2) is 12.9. The molecule has 4 aromatic rings. The molecule has 2 amide bonds. The van der Waals surface area contributed by atoms with Gasteiger partial charge >= 0.3 is 5.97 Å². The number of fused-ring (bicyclic) bond motifs is 1. The largest absolute Gasteiger partial charge is 0.491 e. The molecule has 1 fully saturated rings. The summed E-state index contributed by atoms with van der Waals surface area (Å²) in [7, 11) is 3.22. The number of aryl methyl sites for hydroxylation is 1. The Labute approximate surface area is 256 Å². The van der Waals surface area contributed by atoms with Crippen LogP contribution in [0.2, 0.25) is 0 Å². The van der Waals surface area contributed by atoms with Crippen molar-refractivity contribution in [2.24, 2.45) is 7.05 Å². The van der Waals surface area contributed by atoms with Crippen LogP contribution in [0.1, 0.15) is 38.3 Å². The molecule has 0 bridgehead atoms. The topological polar surface area (TPSA) is 89.9 Å². The van der Waals surface area contributed by atoms with E-state index in [4.69, 9.17) is 9.47 Å². The van der Waals surface area contributed by atoms with E-state index in [-0.39, 0.29) is 37.8 Å². The van der Waals surface area contributed by atoms with Crippen LogP contribution in [-0.2, 0) is 27.4 Å². The summed E-state index contributed by atoms with van der Waals surface area (Å²) in [5, 5.41) is 3.91. The molecule has 1 aliphatic heterocycles. The lowest BCUT2D eigenvalue weighted by molar-refractivity contribution is -0.132. The fourth-order valence-electron chi connectivity index (χ4n) is 5.30. The van der Waals surface area contributed by atoms with Gasteiger partial charge in [-0.05, 0) is 47.5 Å². The standard InChI is InChI=1S/C32H31FIN3O5/c1-36-18-27(26-5-3-4-6-29(26)36)31(39)35-28-12-7-20(13-22(28)16-34)14-30(38)37-17-23(33)15-24(37)19-42-25-10-8-21(9-11-25)32(40)41-2/h3-13,18,23-24H,14-17,19H2,1-2H3,(H,35,39)/t23-,24-/m0/s1. The van der Waals surface area contributed by atoms with Crippen molar-refractivity contribution in [2.45, 2.75) is 29.5 Å². The molecule has 218 valence electrons. The van der Waals surface area contributed by atoms with E-state index >= 15 is 0 Å². The Morgan fingerprint density at radius 2 is 1.83 bits per heavy atom. The number of esters is 1. The molecule has 10 heteroatoms. The maximum absolute atomic E-state index is 14.4. The van der Waals surface area contributed by atoms with E-state index < -0.39 is 18.2 Å². The number of hydrogen-bond donors (Lipinski definition) is 1. The number of methoxy groups -OCH3 is 1. The summed E-state index contributed by atoms with van der Waals surface area (Å²) in [5.74, 6) is -0.308. The molecule has 42 heavy (non-hydrogen) atoms. The number of ether oxygens (including phenoxy) is 2. The van der Waals surface area contributed by atoms with Crippen molar-refractivity contribution < 1.29 is 28.2 Å². The van der Waals surface area contributed by atoms with Gasteiger partial charge in [-0.2, -0.15) is 0 Å². The average molecular weight is 684 g/mol. The Morgan fingerprint density at radius 3 is 2.57 bits per heavy atom. The summed E-state index contributed by atoms with van der Waals surface area (Å²) in [5.41, 5.74) is 4.34. The first-order valence-electron chi connectivity index (χ1n) is 13.5. The number of nitrogens with zero attached hydrogens (tertiary/aromatic N) is 2. The van der Waals surface area contributed by atoms with Gasteiger partial charge in [-0.25, -0.2) is 9.18 Å². The molecule has 0 aliphatic carbocycles. The molecule has 1 aliphatic rings. The van der Waals surface area contributed by atoms with Crippen molar-refractivity contribution in [1.29, 1.82) is 0 Å². The molecular weight excluding hydrogens is 652 g/mol. The number of hydrogen-bond acceptors (Lipinski definition) is 5. The molecule has 0 unspecified atom stereocenters. The number of amides is 2. The second-order valence-electron chi connectivity index (χ2n) is 10.3. The molecule has 0 radical (unpaired) electrons. The van der Waals surface area contributed by atoms with Crippen molar-refractivity contribution >= 4 is 57.0 Å². The minimum Gasteiger partial charge on any atom is -0.491 e. The summed E-state index contributed by atoms with van der Waals surface area (Å²) in [6.45, 7) is 0.161. The van der Waals surface area contributed by atoms with Gasteiger partial charge in [0, 0.05) is 40.7 Å². The highest BCUT2D eigenvalue weighted by molar-refractivity contribution is 14.1. The van der Waals surface area contributed by atoms with Crippen LogP contribution in [0.15, 0.2) is 72.9 Å². The third-order valence-electron chi connectivity index (χ3n) is 7.46. The molecule has 5 rings (SSSR count). The van der Waals surface area contributed by atoms with E-state index in [1.54, 1.807) is 29.2 Å². The number of benzene rings is 3. The smallest absolute Gasteiger partial charge is 0.337 e. The summed E-state index contributed by atoms with van der Waals surface area (Å²) in [6, 6.07) is 19.4. The molecule has 2 heterocycles. The van der Waals surface area contributed by atoms with E-state index in [1.807, 2.05) is 60.3 Å². The normalized spacial score (nSPS) is 16.4. The van der Waals surface area contributed by atoms with E-state index in [0.717, 1.165) is 22.0 Å². The Hall–Kier alpha value is -3.93. The first-order valence-corrected chi connectivity index (χ1v) is 15.1. The van der Waals surface area contributed by atoms with Gasteiger partial charge in [0.1, 0.15) is 18.5 Å². The Bertz CT molecular complexity index is 1620. The van der Waals surface area contributed by atoms with Gasteiger partial charge < -0.3 is 24.3 Å². The van der Waals surface area contributed by atoms with E-state index in [9.17, 15) is 18.8 Å². The zero-order chi connectivity index (χ0) is 29.8. The molecule has 8 nitrogen and oxygen atoms in total. The van der Waals surface area contributed by atoms with E-state index in [1.165, 1.54) is 7.11 Å². The third kappa shape index (κ3) is 6.43. The van der Waals surface area contributed by atoms with Gasteiger partial charge in [-0.15, -0.1) is 0 Å². The lowest BCUT2D eigenvalue weighted by Gasteiger charge is -2.25. The number of carbonyl (C=O) groups is 3. The van der Waals surface area contributed by atoms with Gasteiger partial charge in [-0.3, -0.25) is 9.59 Å².